The number of rotatable bonds is 0. The monoisotopic (exact) mass is 215 g/mol. The Labute approximate surface area is 98.3 Å². The second-order valence-corrected chi connectivity index (χ2v) is 5.46. The lowest BCUT2D eigenvalue weighted by Crippen LogP contribution is -2.49. The molecule has 1 spiro atoms. The van der Waals surface area contributed by atoms with Gasteiger partial charge >= 0.3 is 0 Å². The average molecular weight is 215 g/mol. The Hall–Kier alpha value is -0.820. The number of hydrogen-bond donors (Lipinski definition) is 1. The second-order valence-electron chi connectivity index (χ2n) is 5.46. The number of fused-ring (bicyclic) bond motifs is 1. The summed E-state index contributed by atoms with van der Waals surface area (Å²) >= 11 is 0. The van der Waals surface area contributed by atoms with Crippen molar-refractivity contribution in [2.24, 2.45) is 0 Å². The van der Waals surface area contributed by atoms with Gasteiger partial charge in [0.1, 0.15) is 0 Å². The molecule has 0 aromatic heterocycles. The van der Waals surface area contributed by atoms with Crippen molar-refractivity contribution < 1.29 is 0 Å². The van der Waals surface area contributed by atoms with Crippen molar-refractivity contribution in [3.63, 3.8) is 0 Å². The minimum Gasteiger partial charge on any atom is -0.311 e. The molecule has 1 aromatic rings. The van der Waals surface area contributed by atoms with Crippen LogP contribution >= 0.6 is 0 Å². The van der Waals surface area contributed by atoms with Gasteiger partial charge in [-0.25, -0.2) is 0 Å². The predicted octanol–water partition coefficient (Wildman–Crippen LogP) is 3.08. The molecule has 86 valence electrons. The van der Waals surface area contributed by atoms with Crippen molar-refractivity contribution in [1.82, 2.24) is 5.32 Å². The number of aryl methyl sites for hydroxylation is 1. The van der Waals surface area contributed by atoms with E-state index in [9.17, 15) is 0 Å². The highest BCUT2D eigenvalue weighted by molar-refractivity contribution is 5.30. The zero-order valence-corrected chi connectivity index (χ0v) is 9.97. The second kappa shape index (κ2) is 4.21. The smallest absolute Gasteiger partial charge is 0.0222 e. The van der Waals surface area contributed by atoms with E-state index in [-0.39, 0.29) is 0 Å². The van der Waals surface area contributed by atoms with E-state index in [1.807, 2.05) is 0 Å². The summed E-state index contributed by atoms with van der Waals surface area (Å²) in [6, 6.07) is 9.03. The predicted molar refractivity (Wildman–Crippen MR) is 67.7 cm³/mol. The largest absolute Gasteiger partial charge is 0.311 e. The molecule has 1 unspecified atom stereocenters. The van der Waals surface area contributed by atoms with Crippen LogP contribution in [0.2, 0.25) is 0 Å². The fourth-order valence-electron chi connectivity index (χ4n) is 3.44. The van der Waals surface area contributed by atoms with Gasteiger partial charge in [-0.2, -0.15) is 0 Å². The summed E-state index contributed by atoms with van der Waals surface area (Å²) in [6.45, 7) is 1.22. The van der Waals surface area contributed by atoms with Crippen molar-refractivity contribution in [3.8, 4) is 0 Å². The Morgan fingerprint density at radius 1 is 0.938 bits per heavy atom. The van der Waals surface area contributed by atoms with E-state index in [4.69, 9.17) is 0 Å². The Morgan fingerprint density at radius 2 is 1.75 bits per heavy atom. The van der Waals surface area contributed by atoms with Crippen LogP contribution in [0, 0.1) is 0 Å². The molecule has 2 aliphatic rings. The summed E-state index contributed by atoms with van der Waals surface area (Å²) in [6.07, 6.45) is 9.40. The summed E-state index contributed by atoms with van der Waals surface area (Å²) in [4.78, 5) is 0. The fourth-order valence-corrected chi connectivity index (χ4v) is 3.44. The minimum absolute atomic E-state index is 0.435. The highest BCUT2D eigenvalue weighted by Gasteiger charge is 2.33. The fraction of sp³-hybridized carbons (Fsp3) is 0.600. The van der Waals surface area contributed by atoms with Crippen molar-refractivity contribution in [1.29, 1.82) is 0 Å². The zero-order chi connectivity index (χ0) is 10.8. The van der Waals surface area contributed by atoms with E-state index in [1.54, 1.807) is 11.1 Å². The van der Waals surface area contributed by atoms with Crippen LogP contribution in [0.4, 0.5) is 0 Å². The molecule has 0 bridgehead atoms. The van der Waals surface area contributed by atoms with Crippen molar-refractivity contribution in [3.05, 3.63) is 35.4 Å². The SMILES string of the molecule is c1ccc2c(c1)CCCC1(CCCCN1)C2. The molecule has 0 saturated carbocycles. The van der Waals surface area contributed by atoms with Crippen LogP contribution in [-0.2, 0) is 12.8 Å². The van der Waals surface area contributed by atoms with Gasteiger partial charge in [-0.1, -0.05) is 30.7 Å². The first-order valence-electron chi connectivity index (χ1n) is 6.70. The molecule has 0 radical (unpaired) electrons. The van der Waals surface area contributed by atoms with Gasteiger partial charge in [0.2, 0.25) is 0 Å². The molecule has 1 N–H and O–H groups in total. The van der Waals surface area contributed by atoms with Gasteiger partial charge < -0.3 is 5.32 Å². The van der Waals surface area contributed by atoms with Crippen LogP contribution in [0.25, 0.3) is 0 Å². The maximum atomic E-state index is 3.82. The normalized spacial score (nSPS) is 29.8. The van der Waals surface area contributed by atoms with Gasteiger partial charge in [-0.05, 0) is 56.2 Å². The Bertz CT molecular complexity index is 363. The molecule has 3 rings (SSSR count). The lowest BCUT2D eigenvalue weighted by Gasteiger charge is -2.38. The summed E-state index contributed by atoms with van der Waals surface area (Å²) in [7, 11) is 0. The maximum absolute atomic E-state index is 3.82. The van der Waals surface area contributed by atoms with Crippen molar-refractivity contribution in [2.45, 2.75) is 50.5 Å². The van der Waals surface area contributed by atoms with Crippen LogP contribution in [0.3, 0.4) is 0 Å². The molecule has 1 atom stereocenters. The van der Waals surface area contributed by atoms with E-state index in [0.29, 0.717) is 5.54 Å². The number of nitrogens with one attached hydrogen (secondary N) is 1. The van der Waals surface area contributed by atoms with E-state index in [0.717, 1.165) is 0 Å². The van der Waals surface area contributed by atoms with Crippen molar-refractivity contribution in [2.75, 3.05) is 6.54 Å². The first-order chi connectivity index (χ1) is 7.88. The molecule has 1 nitrogen and oxygen atoms in total. The summed E-state index contributed by atoms with van der Waals surface area (Å²) in [5.74, 6) is 0. The molecule has 1 saturated heterocycles. The van der Waals surface area contributed by atoms with Gasteiger partial charge in [0.05, 0.1) is 0 Å². The zero-order valence-electron chi connectivity index (χ0n) is 9.97. The van der Waals surface area contributed by atoms with E-state index in [1.165, 1.54) is 51.5 Å². The molecule has 1 fully saturated rings. The van der Waals surface area contributed by atoms with Gasteiger partial charge in [-0.15, -0.1) is 0 Å². The van der Waals surface area contributed by atoms with Crippen molar-refractivity contribution >= 4 is 0 Å². The Kier molecular flexibility index (Phi) is 2.72. The van der Waals surface area contributed by atoms with Gasteiger partial charge in [0.15, 0.2) is 0 Å². The number of piperidine rings is 1. The highest BCUT2D eigenvalue weighted by Crippen LogP contribution is 2.33. The van der Waals surface area contributed by atoms with Crippen LogP contribution in [0.15, 0.2) is 24.3 Å². The topological polar surface area (TPSA) is 12.0 Å². The molecule has 16 heavy (non-hydrogen) atoms. The van der Waals surface area contributed by atoms with Crippen LogP contribution in [-0.4, -0.2) is 12.1 Å². The maximum Gasteiger partial charge on any atom is 0.0222 e. The van der Waals surface area contributed by atoms with E-state index < -0.39 is 0 Å². The first kappa shape index (κ1) is 10.3. The Balaban J connectivity index is 1.89. The quantitative estimate of drug-likeness (QED) is 0.701. The lowest BCUT2D eigenvalue weighted by molar-refractivity contribution is 0.235. The molecule has 1 aliphatic carbocycles. The third-order valence-corrected chi connectivity index (χ3v) is 4.33. The van der Waals surface area contributed by atoms with Gasteiger partial charge in [0, 0.05) is 5.54 Å². The molecule has 1 heterocycles. The molecule has 1 aliphatic heterocycles. The van der Waals surface area contributed by atoms with Gasteiger partial charge in [0.25, 0.3) is 0 Å². The van der Waals surface area contributed by atoms with Crippen LogP contribution < -0.4 is 5.32 Å². The minimum atomic E-state index is 0.435. The molecule has 1 aromatic carbocycles. The number of benzene rings is 1. The molecule has 1 heteroatoms. The van der Waals surface area contributed by atoms with Crippen LogP contribution in [0.5, 0.6) is 0 Å². The summed E-state index contributed by atoms with van der Waals surface area (Å²) < 4.78 is 0. The van der Waals surface area contributed by atoms with Gasteiger partial charge in [-0.3, -0.25) is 0 Å². The molecular formula is C15H21N. The summed E-state index contributed by atoms with van der Waals surface area (Å²) in [5, 5.41) is 3.82. The Morgan fingerprint density at radius 3 is 2.56 bits per heavy atom. The first-order valence-corrected chi connectivity index (χ1v) is 6.70. The third kappa shape index (κ3) is 1.89. The average Bonchev–Trinajstić information content (AvgIpc) is 2.49. The molecular weight excluding hydrogens is 194 g/mol. The lowest BCUT2D eigenvalue weighted by atomic mass is 9.81. The third-order valence-electron chi connectivity index (χ3n) is 4.33. The van der Waals surface area contributed by atoms with E-state index in [2.05, 4.69) is 29.6 Å². The van der Waals surface area contributed by atoms with E-state index >= 15 is 0 Å². The van der Waals surface area contributed by atoms with Crippen LogP contribution in [0.1, 0.15) is 43.2 Å². The standard InChI is InChI=1S/C15H21N/c1-2-7-14-12-15(9-3-4-11-16-15)10-5-8-13(14)6-1/h1-2,6-7,16H,3-5,8-12H2. The number of hydrogen-bond acceptors (Lipinski definition) is 1. The molecule has 0 amide bonds. The highest BCUT2D eigenvalue weighted by atomic mass is 15.0. The summed E-state index contributed by atoms with van der Waals surface area (Å²) in [5.41, 5.74) is 3.62.